The quantitative estimate of drug-likeness (QED) is 0.704. The molecule has 1 aromatic carbocycles. The van der Waals surface area contributed by atoms with E-state index in [0.717, 1.165) is 12.1 Å². The number of hydrogen-bond donors (Lipinski definition) is 1. The van der Waals surface area contributed by atoms with E-state index in [4.69, 9.17) is 11.6 Å². The van der Waals surface area contributed by atoms with Crippen molar-refractivity contribution in [3.05, 3.63) is 58.3 Å². The van der Waals surface area contributed by atoms with Crippen LogP contribution in [0.25, 0.3) is 10.8 Å². The summed E-state index contributed by atoms with van der Waals surface area (Å²) in [6, 6.07) is 4.87. The second-order valence-corrected chi connectivity index (χ2v) is 6.40. The lowest BCUT2D eigenvalue weighted by Gasteiger charge is -2.11. The molecule has 0 aliphatic carbocycles. The zero-order chi connectivity index (χ0) is 18.7. The Labute approximate surface area is 154 Å². The molecule has 0 radical (unpaired) electrons. The Morgan fingerprint density at radius 3 is 2.65 bits per heavy atom. The van der Waals surface area contributed by atoms with E-state index in [9.17, 15) is 18.0 Å². The number of carbonyl (C=O) groups is 1. The summed E-state index contributed by atoms with van der Waals surface area (Å²) in [5, 5.41) is 4.22. The average Bonchev–Trinajstić information content (AvgIpc) is 3.05. The van der Waals surface area contributed by atoms with Crippen molar-refractivity contribution >= 4 is 34.5 Å². The molecular formula is C16H10ClF3N4OS. The molecule has 0 aliphatic heterocycles. The number of nitrogens with zero attached hydrogens (tertiary/aromatic N) is 3. The Morgan fingerprint density at radius 1 is 1.23 bits per heavy atom. The van der Waals surface area contributed by atoms with Gasteiger partial charge in [-0.1, -0.05) is 11.6 Å². The minimum absolute atomic E-state index is 0.00794. The highest BCUT2D eigenvalue weighted by Crippen LogP contribution is 2.36. The lowest BCUT2D eigenvalue weighted by molar-refractivity contribution is -0.137. The fourth-order valence-corrected chi connectivity index (χ4v) is 3.08. The number of amides is 1. The highest BCUT2D eigenvalue weighted by atomic mass is 35.5. The number of thiazole rings is 1. The molecule has 2 heterocycles. The highest BCUT2D eigenvalue weighted by Gasteiger charge is 2.33. The zero-order valence-electron chi connectivity index (χ0n) is 12.9. The number of halogens is 4. The summed E-state index contributed by atoms with van der Waals surface area (Å²) < 4.78 is 38.6. The van der Waals surface area contributed by atoms with Gasteiger partial charge < -0.3 is 5.32 Å². The fraction of sp³-hybridized carbons (Fsp3) is 0.125. The third kappa shape index (κ3) is 4.36. The molecule has 0 spiro atoms. The molecule has 3 rings (SSSR count). The van der Waals surface area contributed by atoms with E-state index in [2.05, 4.69) is 20.3 Å². The molecule has 1 N–H and O–H groups in total. The average molecular weight is 399 g/mol. The lowest BCUT2D eigenvalue weighted by Crippen LogP contribution is -2.15. The minimum atomic E-state index is -4.60. The summed E-state index contributed by atoms with van der Waals surface area (Å²) in [5.74, 6) is -0.0528. The van der Waals surface area contributed by atoms with Gasteiger partial charge in [-0.15, -0.1) is 11.3 Å². The van der Waals surface area contributed by atoms with Gasteiger partial charge in [-0.05, 0) is 24.3 Å². The molecule has 5 nitrogen and oxygen atoms in total. The van der Waals surface area contributed by atoms with E-state index < -0.39 is 22.7 Å². The Balaban J connectivity index is 1.69. The predicted octanol–water partition coefficient (Wildman–Crippen LogP) is 4.45. The van der Waals surface area contributed by atoms with E-state index in [1.54, 1.807) is 23.8 Å². The van der Waals surface area contributed by atoms with Crippen molar-refractivity contribution in [3.8, 4) is 10.8 Å². The number of rotatable bonds is 4. The van der Waals surface area contributed by atoms with Gasteiger partial charge in [0.1, 0.15) is 0 Å². The van der Waals surface area contributed by atoms with Gasteiger partial charge in [0.2, 0.25) is 5.91 Å². The van der Waals surface area contributed by atoms with E-state index in [1.807, 2.05) is 0 Å². The summed E-state index contributed by atoms with van der Waals surface area (Å²) in [7, 11) is 0. The van der Waals surface area contributed by atoms with Crippen molar-refractivity contribution in [3.63, 3.8) is 0 Å². The summed E-state index contributed by atoms with van der Waals surface area (Å²) in [5.41, 5.74) is -0.525. The second-order valence-electron chi connectivity index (χ2n) is 5.13. The van der Waals surface area contributed by atoms with Gasteiger partial charge >= 0.3 is 6.18 Å². The van der Waals surface area contributed by atoms with Crippen LogP contribution in [-0.2, 0) is 17.4 Å². The molecule has 0 unspecified atom stereocenters. The molecule has 10 heteroatoms. The number of hydrogen-bond acceptors (Lipinski definition) is 5. The molecule has 3 aromatic rings. The van der Waals surface area contributed by atoms with Crippen molar-refractivity contribution in [2.24, 2.45) is 0 Å². The van der Waals surface area contributed by atoms with Crippen LogP contribution in [0.15, 0.2) is 42.0 Å². The first-order chi connectivity index (χ1) is 12.3. The highest BCUT2D eigenvalue weighted by molar-refractivity contribution is 7.13. The van der Waals surface area contributed by atoms with Crippen molar-refractivity contribution in [2.75, 3.05) is 5.32 Å². The van der Waals surface area contributed by atoms with Crippen LogP contribution in [0.1, 0.15) is 11.3 Å². The summed E-state index contributed by atoms with van der Waals surface area (Å²) in [6.07, 6.45) is -1.53. The third-order valence-corrected chi connectivity index (χ3v) is 4.42. The first-order valence-corrected chi connectivity index (χ1v) is 8.47. The predicted molar refractivity (Wildman–Crippen MR) is 91.9 cm³/mol. The van der Waals surface area contributed by atoms with Crippen LogP contribution < -0.4 is 5.32 Å². The number of nitrogens with one attached hydrogen (secondary N) is 1. The summed E-state index contributed by atoms with van der Waals surface area (Å²) in [6.45, 7) is 0. The molecule has 0 saturated heterocycles. The topological polar surface area (TPSA) is 67.8 Å². The molecular weight excluding hydrogens is 389 g/mol. The number of carbonyl (C=O) groups excluding carboxylic acids is 1. The van der Waals surface area contributed by atoms with Crippen LogP contribution in [0, 0.1) is 0 Å². The monoisotopic (exact) mass is 398 g/mol. The van der Waals surface area contributed by atoms with E-state index >= 15 is 0 Å². The van der Waals surface area contributed by atoms with Crippen molar-refractivity contribution in [2.45, 2.75) is 12.6 Å². The summed E-state index contributed by atoms with van der Waals surface area (Å²) >= 11 is 6.83. The molecule has 0 saturated carbocycles. The lowest BCUT2D eigenvalue weighted by atomic mass is 10.2. The Morgan fingerprint density at radius 2 is 1.96 bits per heavy atom. The molecule has 134 valence electrons. The van der Waals surface area contributed by atoms with Gasteiger partial charge in [0, 0.05) is 23.5 Å². The Hall–Kier alpha value is -2.52. The van der Waals surface area contributed by atoms with Crippen LogP contribution >= 0.6 is 22.9 Å². The molecule has 0 atom stereocenters. The van der Waals surface area contributed by atoms with Crippen molar-refractivity contribution in [1.82, 2.24) is 15.0 Å². The zero-order valence-corrected chi connectivity index (χ0v) is 14.5. The standard InChI is InChI=1S/C16H10ClF3N4OS/c17-12-3-2-9(6-11(12)16(18,19)20)23-13(25)7-10-8-26-15(24-10)14-21-4-1-5-22-14/h1-6,8H,7H2,(H,23,25). The van der Waals surface area contributed by atoms with Gasteiger partial charge in [0.25, 0.3) is 0 Å². The second kappa shape index (κ2) is 7.38. The van der Waals surface area contributed by atoms with Crippen molar-refractivity contribution in [1.29, 1.82) is 0 Å². The largest absolute Gasteiger partial charge is 0.417 e. The van der Waals surface area contributed by atoms with Crippen LogP contribution in [0.4, 0.5) is 18.9 Å². The molecule has 0 bridgehead atoms. The maximum Gasteiger partial charge on any atom is 0.417 e. The van der Waals surface area contributed by atoms with Crippen LogP contribution in [0.2, 0.25) is 5.02 Å². The van der Waals surface area contributed by atoms with Crippen LogP contribution in [0.3, 0.4) is 0 Å². The Kier molecular flexibility index (Phi) is 5.19. The van der Waals surface area contributed by atoms with Gasteiger partial charge in [-0.25, -0.2) is 15.0 Å². The molecule has 0 fully saturated rings. The number of alkyl halides is 3. The molecule has 26 heavy (non-hydrogen) atoms. The van der Waals surface area contributed by atoms with E-state index in [-0.39, 0.29) is 12.1 Å². The van der Waals surface area contributed by atoms with Crippen molar-refractivity contribution < 1.29 is 18.0 Å². The first kappa shape index (κ1) is 18.3. The van der Waals surface area contributed by atoms with E-state index in [1.165, 1.54) is 17.4 Å². The van der Waals surface area contributed by atoms with Gasteiger partial charge in [-0.3, -0.25) is 4.79 Å². The molecule has 1 amide bonds. The van der Waals surface area contributed by atoms with E-state index in [0.29, 0.717) is 16.5 Å². The molecule has 0 aliphatic rings. The normalized spacial score (nSPS) is 11.4. The van der Waals surface area contributed by atoms with Crippen LogP contribution in [-0.4, -0.2) is 20.9 Å². The van der Waals surface area contributed by atoms with Gasteiger partial charge in [0.05, 0.1) is 22.7 Å². The third-order valence-electron chi connectivity index (χ3n) is 3.21. The molecule has 2 aromatic heterocycles. The maximum atomic E-state index is 12.9. The Bertz CT molecular complexity index is 931. The van der Waals surface area contributed by atoms with Gasteiger partial charge in [-0.2, -0.15) is 13.2 Å². The number of aromatic nitrogens is 3. The minimum Gasteiger partial charge on any atom is -0.326 e. The first-order valence-electron chi connectivity index (χ1n) is 7.21. The number of benzene rings is 1. The van der Waals surface area contributed by atoms with Crippen LogP contribution in [0.5, 0.6) is 0 Å². The SMILES string of the molecule is O=C(Cc1csc(-c2ncccn2)n1)Nc1ccc(Cl)c(C(F)(F)F)c1. The smallest absolute Gasteiger partial charge is 0.326 e. The summed E-state index contributed by atoms with van der Waals surface area (Å²) in [4.78, 5) is 24.5. The van der Waals surface area contributed by atoms with Gasteiger partial charge in [0.15, 0.2) is 10.8 Å². The fourth-order valence-electron chi connectivity index (χ4n) is 2.09. The maximum absolute atomic E-state index is 12.9. The number of anilines is 1.